The van der Waals surface area contributed by atoms with Gasteiger partial charge < -0.3 is 5.11 Å². The lowest BCUT2D eigenvalue weighted by molar-refractivity contribution is -0.154. The summed E-state index contributed by atoms with van der Waals surface area (Å²) < 4.78 is 37.3. The van der Waals surface area contributed by atoms with Crippen molar-refractivity contribution in [3.8, 4) is 0 Å². The summed E-state index contributed by atoms with van der Waals surface area (Å²) in [6.07, 6.45) is -2.60. The van der Waals surface area contributed by atoms with Crippen LogP contribution >= 0.6 is 0 Å². The molecule has 0 bridgehead atoms. The van der Waals surface area contributed by atoms with Crippen molar-refractivity contribution in [3.63, 3.8) is 0 Å². The Morgan fingerprint density at radius 2 is 1.71 bits per heavy atom. The number of hydrogen-bond acceptors (Lipinski definition) is 2. The summed E-state index contributed by atoms with van der Waals surface area (Å²) in [5, 5.41) is 9.34. The Morgan fingerprint density at radius 1 is 1.18 bits per heavy atom. The summed E-state index contributed by atoms with van der Waals surface area (Å²) >= 11 is 0. The van der Waals surface area contributed by atoms with Crippen LogP contribution in [-0.4, -0.2) is 41.9 Å². The van der Waals surface area contributed by atoms with Gasteiger partial charge >= 0.3 is 6.18 Å². The fourth-order valence-electron chi connectivity index (χ4n) is 1.95. The molecule has 0 heterocycles. The molecule has 0 rings (SSSR count). The zero-order valence-electron chi connectivity index (χ0n) is 11.1. The Labute approximate surface area is 102 Å². The van der Waals surface area contributed by atoms with Crippen LogP contribution in [0.15, 0.2) is 0 Å². The number of alkyl halides is 3. The molecule has 17 heavy (non-hydrogen) atoms. The average molecular weight is 255 g/mol. The fraction of sp³-hybridized carbons (Fsp3) is 1.00. The van der Waals surface area contributed by atoms with Gasteiger partial charge in [0, 0.05) is 24.6 Å². The predicted molar refractivity (Wildman–Crippen MR) is 62.9 cm³/mol. The molecule has 0 aliphatic heterocycles. The predicted octanol–water partition coefficient (Wildman–Crippen LogP) is 3.06. The Morgan fingerprint density at radius 3 is 2.00 bits per heavy atom. The molecule has 0 aromatic carbocycles. The number of aliphatic hydroxyl groups excluding tert-OH is 1. The second kappa shape index (κ2) is 6.59. The SMILES string of the molecule is CCCC(C)(CO)CN(CC(F)(F)F)C(C)C. The van der Waals surface area contributed by atoms with Crippen LogP contribution in [0.3, 0.4) is 0 Å². The summed E-state index contributed by atoms with van der Waals surface area (Å²) in [6.45, 7) is 6.57. The molecule has 0 aromatic heterocycles. The molecule has 0 aromatic rings. The number of aliphatic hydroxyl groups is 1. The van der Waals surface area contributed by atoms with E-state index in [1.165, 1.54) is 4.90 Å². The van der Waals surface area contributed by atoms with Gasteiger partial charge in [0.2, 0.25) is 0 Å². The molecule has 0 fully saturated rings. The van der Waals surface area contributed by atoms with E-state index in [2.05, 4.69) is 0 Å². The summed E-state index contributed by atoms with van der Waals surface area (Å²) in [4.78, 5) is 1.38. The van der Waals surface area contributed by atoms with Gasteiger partial charge in [0.05, 0.1) is 6.54 Å². The molecule has 0 saturated heterocycles. The van der Waals surface area contributed by atoms with E-state index in [9.17, 15) is 18.3 Å². The third kappa shape index (κ3) is 6.88. The standard InChI is InChI=1S/C12H24F3NO/c1-5-6-11(4,9-17)7-16(10(2)3)8-12(13,14)15/h10,17H,5-9H2,1-4H3. The van der Waals surface area contributed by atoms with E-state index < -0.39 is 18.1 Å². The minimum Gasteiger partial charge on any atom is -0.396 e. The Kier molecular flexibility index (Phi) is 6.48. The Bertz CT molecular complexity index is 218. The minimum atomic E-state index is -4.19. The number of hydrogen-bond donors (Lipinski definition) is 1. The van der Waals surface area contributed by atoms with Crippen LogP contribution in [0, 0.1) is 5.41 Å². The molecule has 5 heteroatoms. The van der Waals surface area contributed by atoms with E-state index in [1.807, 2.05) is 13.8 Å². The monoisotopic (exact) mass is 255 g/mol. The maximum absolute atomic E-state index is 12.4. The third-order valence-electron chi connectivity index (χ3n) is 2.93. The third-order valence-corrected chi connectivity index (χ3v) is 2.93. The van der Waals surface area contributed by atoms with E-state index >= 15 is 0 Å². The maximum atomic E-state index is 12.4. The van der Waals surface area contributed by atoms with Gasteiger partial charge in [-0.25, -0.2) is 0 Å². The first-order valence-corrected chi connectivity index (χ1v) is 6.05. The molecule has 104 valence electrons. The highest BCUT2D eigenvalue weighted by Gasteiger charge is 2.35. The van der Waals surface area contributed by atoms with Crippen LogP contribution in [0.25, 0.3) is 0 Å². The molecule has 0 radical (unpaired) electrons. The molecule has 2 nitrogen and oxygen atoms in total. The average Bonchev–Trinajstić information content (AvgIpc) is 2.15. The topological polar surface area (TPSA) is 23.5 Å². The van der Waals surface area contributed by atoms with Crippen LogP contribution < -0.4 is 0 Å². The van der Waals surface area contributed by atoms with Crippen LogP contribution in [0.2, 0.25) is 0 Å². The van der Waals surface area contributed by atoms with E-state index in [4.69, 9.17) is 0 Å². The van der Waals surface area contributed by atoms with Crippen molar-refractivity contribution in [2.75, 3.05) is 19.7 Å². The first kappa shape index (κ1) is 16.7. The van der Waals surface area contributed by atoms with Crippen molar-refractivity contribution in [2.45, 2.75) is 52.8 Å². The van der Waals surface area contributed by atoms with Crippen molar-refractivity contribution in [1.82, 2.24) is 4.90 Å². The van der Waals surface area contributed by atoms with Crippen molar-refractivity contribution in [3.05, 3.63) is 0 Å². The molecule has 1 unspecified atom stereocenters. The largest absolute Gasteiger partial charge is 0.401 e. The summed E-state index contributed by atoms with van der Waals surface area (Å²) in [5.74, 6) is 0. The van der Waals surface area contributed by atoms with E-state index in [0.717, 1.165) is 12.8 Å². The molecule has 0 spiro atoms. The minimum absolute atomic E-state index is 0.0814. The van der Waals surface area contributed by atoms with Crippen molar-refractivity contribution < 1.29 is 18.3 Å². The molecule has 0 aliphatic carbocycles. The second-order valence-electron chi connectivity index (χ2n) is 5.33. The van der Waals surface area contributed by atoms with Crippen LogP contribution in [0.1, 0.15) is 40.5 Å². The van der Waals surface area contributed by atoms with Crippen molar-refractivity contribution in [1.29, 1.82) is 0 Å². The first-order chi connectivity index (χ1) is 7.63. The maximum Gasteiger partial charge on any atom is 0.401 e. The van der Waals surface area contributed by atoms with E-state index in [1.54, 1.807) is 13.8 Å². The molecule has 1 atom stereocenters. The van der Waals surface area contributed by atoms with E-state index in [-0.39, 0.29) is 19.2 Å². The molecular weight excluding hydrogens is 231 g/mol. The van der Waals surface area contributed by atoms with Gasteiger partial charge in [0.15, 0.2) is 0 Å². The van der Waals surface area contributed by atoms with Gasteiger partial charge in [-0.2, -0.15) is 13.2 Å². The lowest BCUT2D eigenvalue weighted by atomic mass is 9.85. The number of rotatable bonds is 7. The molecule has 0 aliphatic rings. The summed E-state index contributed by atoms with van der Waals surface area (Å²) in [7, 11) is 0. The molecule has 0 saturated carbocycles. The number of halogens is 3. The highest BCUT2D eigenvalue weighted by molar-refractivity contribution is 4.80. The lowest BCUT2D eigenvalue weighted by Crippen LogP contribution is -2.46. The van der Waals surface area contributed by atoms with Gasteiger partial charge in [-0.05, 0) is 20.3 Å². The van der Waals surface area contributed by atoms with Crippen LogP contribution in [-0.2, 0) is 0 Å². The Balaban J connectivity index is 4.62. The van der Waals surface area contributed by atoms with Crippen LogP contribution in [0.4, 0.5) is 13.2 Å². The van der Waals surface area contributed by atoms with Gasteiger partial charge in [0.1, 0.15) is 0 Å². The zero-order valence-corrected chi connectivity index (χ0v) is 11.1. The second-order valence-corrected chi connectivity index (χ2v) is 5.33. The van der Waals surface area contributed by atoms with Gasteiger partial charge in [-0.1, -0.05) is 20.3 Å². The zero-order chi connectivity index (χ0) is 13.7. The smallest absolute Gasteiger partial charge is 0.396 e. The number of nitrogens with zero attached hydrogens (tertiary/aromatic N) is 1. The van der Waals surface area contributed by atoms with Crippen molar-refractivity contribution >= 4 is 0 Å². The van der Waals surface area contributed by atoms with Gasteiger partial charge in [-0.15, -0.1) is 0 Å². The van der Waals surface area contributed by atoms with E-state index in [0.29, 0.717) is 0 Å². The molecule has 0 amide bonds. The van der Waals surface area contributed by atoms with Gasteiger partial charge in [-0.3, -0.25) is 4.90 Å². The molecule has 1 N–H and O–H groups in total. The first-order valence-electron chi connectivity index (χ1n) is 6.05. The van der Waals surface area contributed by atoms with Crippen LogP contribution in [0.5, 0.6) is 0 Å². The normalized spacial score (nSPS) is 16.6. The summed E-state index contributed by atoms with van der Waals surface area (Å²) in [6, 6.07) is -0.181. The highest BCUT2D eigenvalue weighted by Crippen LogP contribution is 2.27. The van der Waals surface area contributed by atoms with Gasteiger partial charge in [0.25, 0.3) is 0 Å². The Hall–Kier alpha value is -0.290. The molecular formula is C12H24F3NO. The lowest BCUT2D eigenvalue weighted by Gasteiger charge is -2.36. The highest BCUT2D eigenvalue weighted by atomic mass is 19.4. The summed E-state index contributed by atoms with van der Waals surface area (Å²) in [5.41, 5.74) is -0.454. The quantitative estimate of drug-likeness (QED) is 0.755. The fourth-order valence-corrected chi connectivity index (χ4v) is 1.95. The van der Waals surface area contributed by atoms with Crippen molar-refractivity contribution in [2.24, 2.45) is 5.41 Å².